The van der Waals surface area contributed by atoms with Crippen molar-refractivity contribution in [3.8, 4) is 0 Å². The van der Waals surface area contributed by atoms with Crippen molar-refractivity contribution >= 4 is 0 Å². The molecule has 1 aromatic carbocycles. The molecule has 1 fully saturated rings. The van der Waals surface area contributed by atoms with E-state index in [9.17, 15) is 17.6 Å². The van der Waals surface area contributed by atoms with E-state index >= 15 is 0 Å². The molecule has 0 spiro atoms. The Labute approximate surface area is 141 Å². The molecule has 136 valence electrons. The fraction of sp³-hybridized carbons (Fsp3) is 0.667. The van der Waals surface area contributed by atoms with Gasteiger partial charge in [-0.05, 0) is 42.9 Å². The van der Waals surface area contributed by atoms with E-state index in [1.165, 1.54) is 6.07 Å². The van der Waals surface area contributed by atoms with Crippen molar-refractivity contribution in [3.05, 3.63) is 35.1 Å². The zero-order valence-corrected chi connectivity index (χ0v) is 14.6. The topological polar surface area (TPSA) is 24.1 Å². The quantitative estimate of drug-likeness (QED) is 0.768. The molecule has 2 N–H and O–H groups in total. The lowest BCUT2D eigenvalue weighted by atomic mass is 9.82. The van der Waals surface area contributed by atoms with Crippen molar-refractivity contribution in [2.45, 2.75) is 71.4 Å². The third-order valence-electron chi connectivity index (χ3n) is 4.97. The molecule has 1 aliphatic carbocycles. The molecule has 1 saturated carbocycles. The zero-order valence-electron chi connectivity index (χ0n) is 14.6. The Balaban J connectivity index is 1.97. The van der Waals surface area contributed by atoms with Gasteiger partial charge in [-0.15, -0.1) is 0 Å². The second kappa shape index (κ2) is 7.00. The standard InChI is InChI=1S/C18H26F4N2/c1-11(17(2,3)4)24-16-8-7-15(16)23-10-12-5-6-13(19)9-14(12)18(20,21)22/h5-6,9,11,15-16,23-24H,7-8,10H2,1-4H3. The van der Waals surface area contributed by atoms with Crippen molar-refractivity contribution in [3.63, 3.8) is 0 Å². The summed E-state index contributed by atoms with van der Waals surface area (Å²) in [7, 11) is 0. The number of hydrogen-bond acceptors (Lipinski definition) is 2. The molecule has 2 rings (SSSR count). The first kappa shape index (κ1) is 19.2. The van der Waals surface area contributed by atoms with Gasteiger partial charge in [0.25, 0.3) is 0 Å². The minimum atomic E-state index is -4.54. The second-order valence-corrected chi connectivity index (χ2v) is 7.72. The third kappa shape index (κ3) is 4.70. The molecule has 24 heavy (non-hydrogen) atoms. The molecule has 3 unspecified atom stereocenters. The van der Waals surface area contributed by atoms with Crippen LogP contribution in [0.4, 0.5) is 17.6 Å². The van der Waals surface area contributed by atoms with Gasteiger partial charge in [0.2, 0.25) is 0 Å². The summed E-state index contributed by atoms with van der Waals surface area (Å²) in [6.45, 7) is 8.67. The third-order valence-corrected chi connectivity index (χ3v) is 4.97. The highest BCUT2D eigenvalue weighted by Crippen LogP contribution is 2.33. The smallest absolute Gasteiger partial charge is 0.309 e. The molecule has 0 heterocycles. The van der Waals surface area contributed by atoms with E-state index in [4.69, 9.17) is 0 Å². The van der Waals surface area contributed by atoms with Crippen LogP contribution >= 0.6 is 0 Å². The van der Waals surface area contributed by atoms with E-state index in [0.717, 1.165) is 18.9 Å². The summed E-state index contributed by atoms with van der Waals surface area (Å²) in [4.78, 5) is 0. The molecule has 3 atom stereocenters. The lowest BCUT2D eigenvalue weighted by molar-refractivity contribution is -0.138. The first-order valence-electron chi connectivity index (χ1n) is 8.33. The van der Waals surface area contributed by atoms with Crippen LogP contribution in [0.25, 0.3) is 0 Å². The minimum Gasteiger partial charge on any atom is -0.309 e. The number of alkyl halides is 3. The highest BCUT2D eigenvalue weighted by Gasteiger charge is 2.36. The van der Waals surface area contributed by atoms with Crippen LogP contribution in [-0.4, -0.2) is 18.1 Å². The number of halogens is 4. The van der Waals surface area contributed by atoms with Crippen LogP contribution in [0.15, 0.2) is 18.2 Å². The van der Waals surface area contributed by atoms with Crippen molar-refractivity contribution in [2.75, 3.05) is 0 Å². The van der Waals surface area contributed by atoms with E-state index in [1.54, 1.807) is 0 Å². The SMILES string of the molecule is CC(NC1CCC1NCc1ccc(F)cc1C(F)(F)F)C(C)(C)C. The summed E-state index contributed by atoms with van der Waals surface area (Å²) in [6.07, 6.45) is -2.61. The van der Waals surface area contributed by atoms with Gasteiger partial charge >= 0.3 is 6.18 Å². The van der Waals surface area contributed by atoms with Gasteiger partial charge in [-0.1, -0.05) is 26.8 Å². The van der Waals surface area contributed by atoms with Crippen LogP contribution in [-0.2, 0) is 12.7 Å². The maximum atomic E-state index is 13.1. The zero-order chi connectivity index (χ0) is 18.1. The summed E-state index contributed by atoms with van der Waals surface area (Å²) >= 11 is 0. The van der Waals surface area contributed by atoms with Crippen LogP contribution in [0, 0.1) is 11.2 Å². The van der Waals surface area contributed by atoms with Crippen LogP contribution in [0.1, 0.15) is 51.7 Å². The molecule has 0 saturated heterocycles. The molecule has 2 nitrogen and oxygen atoms in total. The van der Waals surface area contributed by atoms with Crippen LogP contribution in [0.5, 0.6) is 0 Å². The summed E-state index contributed by atoms with van der Waals surface area (Å²) in [5, 5.41) is 6.74. The molecule has 0 aromatic heterocycles. The molecule has 1 aromatic rings. The van der Waals surface area contributed by atoms with Gasteiger partial charge in [0.15, 0.2) is 0 Å². The predicted octanol–water partition coefficient (Wildman–Crippen LogP) is 4.49. The van der Waals surface area contributed by atoms with Crippen molar-refractivity contribution in [2.24, 2.45) is 5.41 Å². The van der Waals surface area contributed by atoms with Gasteiger partial charge in [-0.2, -0.15) is 13.2 Å². The number of benzene rings is 1. The predicted molar refractivity (Wildman–Crippen MR) is 87.1 cm³/mol. The van der Waals surface area contributed by atoms with Crippen LogP contribution < -0.4 is 10.6 Å². The van der Waals surface area contributed by atoms with Gasteiger partial charge in [0.05, 0.1) is 5.56 Å². The van der Waals surface area contributed by atoms with Crippen molar-refractivity contribution < 1.29 is 17.6 Å². The molecular weight excluding hydrogens is 320 g/mol. The average molecular weight is 346 g/mol. The molecule has 0 amide bonds. The monoisotopic (exact) mass is 346 g/mol. The van der Waals surface area contributed by atoms with Gasteiger partial charge in [-0.3, -0.25) is 0 Å². The normalized spacial score (nSPS) is 23.0. The largest absolute Gasteiger partial charge is 0.416 e. The minimum absolute atomic E-state index is 0.0819. The summed E-state index contributed by atoms with van der Waals surface area (Å²) in [5.74, 6) is -0.867. The van der Waals surface area contributed by atoms with Gasteiger partial charge in [0.1, 0.15) is 5.82 Å². The Morgan fingerprint density at radius 1 is 1.12 bits per heavy atom. The van der Waals surface area contributed by atoms with E-state index < -0.39 is 17.6 Å². The molecule has 6 heteroatoms. The number of nitrogens with one attached hydrogen (secondary N) is 2. The Morgan fingerprint density at radius 3 is 2.25 bits per heavy atom. The summed E-state index contributed by atoms with van der Waals surface area (Å²) in [5.41, 5.74) is -0.694. The Hall–Kier alpha value is -1.14. The average Bonchev–Trinajstić information content (AvgIpc) is 2.42. The van der Waals surface area contributed by atoms with Crippen LogP contribution in [0.3, 0.4) is 0 Å². The molecule has 0 radical (unpaired) electrons. The summed E-state index contributed by atoms with van der Waals surface area (Å²) in [6, 6.07) is 3.56. The molecule has 0 aliphatic heterocycles. The lowest BCUT2D eigenvalue weighted by Crippen LogP contribution is -2.59. The Morgan fingerprint density at radius 2 is 1.75 bits per heavy atom. The first-order valence-corrected chi connectivity index (χ1v) is 8.33. The Kier molecular flexibility index (Phi) is 5.60. The van der Waals surface area contributed by atoms with Crippen molar-refractivity contribution in [1.29, 1.82) is 0 Å². The van der Waals surface area contributed by atoms with Gasteiger partial charge in [-0.25, -0.2) is 4.39 Å². The Bertz CT molecular complexity index is 563. The fourth-order valence-corrected chi connectivity index (χ4v) is 2.72. The first-order chi connectivity index (χ1) is 11.0. The molecule has 1 aliphatic rings. The maximum Gasteiger partial charge on any atom is 0.416 e. The highest BCUT2D eigenvalue weighted by molar-refractivity contribution is 5.30. The fourth-order valence-electron chi connectivity index (χ4n) is 2.72. The number of hydrogen-bond donors (Lipinski definition) is 2. The highest BCUT2D eigenvalue weighted by atomic mass is 19.4. The van der Waals surface area contributed by atoms with E-state index in [0.29, 0.717) is 12.1 Å². The molecular formula is C18H26F4N2. The van der Waals surface area contributed by atoms with E-state index in [2.05, 4.69) is 38.3 Å². The van der Waals surface area contributed by atoms with Crippen molar-refractivity contribution in [1.82, 2.24) is 10.6 Å². The second-order valence-electron chi connectivity index (χ2n) is 7.72. The van der Waals surface area contributed by atoms with E-state index in [1.807, 2.05) is 0 Å². The molecule has 0 bridgehead atoms. The lowest BCUT2D eigenvalue weighted by Gasteiger charge is -2.42. The summed E-state index contributed by atoms with van der Waals surface area (Å²) < 4.78 is 52.2. The van der Waals surface area contributed by atoms with Crippen LogP contribution in [0.2, 0.25) is 0 Å². The number of rotatable bonds is 5. The van der Waals surface area contributed by atoms with E-state index in [-0.39, 0.29) is 29.6 Å². The van der Waals surface area contributed by atoms with Gasteiger partial charge < -0.3 is 10.6 Å². The maximum absolute atomic E-state index is 13.1. The van der Waals surface area contributed by atoms with Gasteiger partial charge in [0, 0.05) is 24.7 Å².